The molecule has 0 aromatic heterocycles. The molecule has 268 valence electrons. The van der Waals surface area contributed by atoms with Gasteiger partial charge in [-0.15, -0.1) is 13.2 Å². The van der Waals surface area contributed by atoms with Gasteiger partial charge in [0.05, 0.1) is 47.8 Å². The first-order chi connectivity index (χ1) is 23.9. The number of anilines is 1. The minimum absolute atomic E-state index is 0.0202. The van der Waals surface area contributed by atoms with Crippen molar-refractivity contribution in [3.05, 3.63) is 90.0 Å². The van der Waals surface area contributed by atoms with Crippen molar-refractivity contribution < 1.29 is 33.8 Å². The van der Waals surface area contributed by atoms with E-state index in [0.29, 0.717) is 22.7 Å². The number of carbonyl (C=O) groups excluding carboxylic acids is 4. The number of nitrogens with zero attached hydrogens (tertiary/aromatic N) is 2. The van der Waals surface area contributed by atoms with Crippen LogP contribution in [-0.4, -0.2) is 82.0 Å². The summed E-state index contributed by atoms with van der Waals surface area (Å²) >= 11 is 10.4. The van der Waals surface area contributed by atoms with Gasteiger partial charge in [0.1, 0.15) is 17.7 Å². The lowest BCUT2D eigenvalue weighted by molar-refractivity contribution is -0.161. The summed E-state index contributed by atoms with van der Waals surface area (Å²) in [5.74, 6) is -4.15. The number of rotatable bonds is 15. The highest BCUT2D eigenvalue weighted by Gasteiger charge is 2.77. The number of nitrogens with one attached hydrogen (secondary N) is 1. The Hall–Kier alpha value is -3.51. The molecule has 2 aromatic rings. The number of para-hydroxylation sites is 1. The first kappa shape index (κ1) is 37.7. The molecule has 1 spiro atoms. The van der Waals surface area contributed by atoms with E-state index in [1.54, 1.807) is 36.4 Å². The average Bonchev–Trinajstić information content (AvgIpc) is 3.68. The molecule has 0 aliphatic carbocycles. The lowest BCUT2D eigenvalue weighted by atomic mass is 9.70. The molecule has 5 rings (SSSR count). The van der Waals surface area contributed by atoms with Gasteiger partial charge in [-0.05, 0) is 42.9 Å². The standard InChI is InChI=1S/C38H45BrClN3O7/c1-6-8-17-29(45)41-20-28(24-14-10-9-11-15-24)49-37(48)30-31-35(46)43(27(21-44)22(3)4)34(38(31)19-25(39)33(30)50-38)36(47)42(18-7-2)32-23(5)13-12-16-26(32)40/h6-7,9-16,22,25,27-28,30-31,33-34,44H,1-2,8,17-21H2,3-5H3,(H,41,45)/t25?,27-,28+,30-,31+,33-,34-,38+/m0/s1. The van der Waals surface area contributed by atoms with Crippen LogP contribution < -0.4 is 10.2 Å². The molecular formula is C38H45BrClN3O7. The van der Waals surface area contributed by atoms with E-state index in [0.717, 1.165) is 5.56 Å². The van der Waals surface area contributed by atoms with E-state index in [2.05, 4.69) is 34.4 Å². The van der Waals surface area contributed by atoms with Crippen LogP contribution in [0.15, 0.2) is 73.8 Å². The number of carbonyl (C=O) groups is 4. The number of allylic oxidation sites excluding steroid dienone is 1. The van der Waals surface area contributed by atoms with Crippen LogP contribution in [0.4, 0.5) is 5.69 Å². The predicted molar refractivity (Wildman–Crippen MR) is 195 cm³/mol. The number of amides is 3. The van der Waals surface area contributed by atoms with Crippen molar-refractivity contribution in [1.29, 1.82) is 0 Å². The van der Waals surface area contributed by atoms with Crippen molar-refractivity contribution in [3.8, 4) is 0 Å². The van der Waals surface area contributed by atoms with Crippen LogP contribution in [0, 0.1) is 24.7 Å². The van der Waals surface area contributed by atoms with Crippen molar-refractivity contribution in [2.24, 2.45) is 17.8 Å². The van der Waals surface area contributed by atoms with E-state index < -0.39 is 66.1 Å². The minimum Gasteiger partial charge on any atom is -0.455 e. The predicted octanol–water partition coefficient (Wildman–Crippen LogP) is 5.30. The van der Waals surface area contributed by atoms with E-state index >= 15 is 4.79 Å². The quantitative estimate of drug-likeness (QED) is 0.143. The molecule has 3 fully saturated rings. The maximum Gasteiger partial charge on any atom is 0.313 e. The average molecular weight is 771 g/mol. The number of halogens is 2. The second-order valence-corrected chi connectivity index (χ2v) is 15.1. The zero-order valence-corrected chi connectivity index (χ0v) is 30.9. The Labute approximate surface area is 306 Å². The van der Waals surface area contributed by atoms with E-state index in [4.69, 9.17) is 21.1 Å². The lowest BCUT2D eigenvalue weighted by Crippen LogP contribution is -2.60. The third-order valence-corrected chi connectivity index (χ3v) is 11.2. The maximum atomic E-state index is 15.0. The largest absolute Gasteiger partial charge is 0.455 e. The third kappa shape index (κ3) is 6.89. The molecular weight excluding hydrogens is 726 g/mol. The lowest BCUT2D eigenvalue weighted by Gasteiger charge is -2.40. The number of esters is 1. The fraction of sp³-hybridized carbons (Fsp3) is 0.474. The molecule has 3 aliphatic heterocycles. The maximum absolute atomic E-state index is 15.0. The number of ether oxygens (including phenoxy) is 2. The Morgan fingerprint density at radius 3 is 2.52 bits per heavy atom. The monoisotopic (exact) mass is 769 g/mol. The number of hydrogen-bond donors (Lipinski definition) is 2. The molecule has 2 aromatic carbocycles. The summed E-state index contributed by atoms with van der Waals surface area (Å²) in [6.07, 6.45) is 2.64. The Morgan fingerprint density at radius 2 is 1.90 bits per heavy atom. The van der Waals surface area contributed by atoms with E-state index in [1.807, 2.05) is 45.0 Å². The molecule has 50 heavy (non-hydrogen) atoms. The van der Waals surface area contributed by atoms with Gasteiger partial charge in [-0.3, -0.25) is 19.2 Å². The fourth-order valence-corrected chi connectivity index (χ4v) is 9.04. The van der Waals surface area contributed by atoms with Crippen molar-refractivity contribution >= 4 is 56.9 Å². The molecule has 0 radical (unpaired) electrons. The number of fused-ring (bicyclic) bond motifs is 1. The summed E-state index contributed by atoms with van der Waals surface area (Å²) in [6, 6.07) is 12.5. The SMILES string of the molecule is C=CCCC(=O)NC[C@@H](OC(=O)[C@@H]1[C@H]2O[C@@]3(CC2Br)[C@H](C(=O)N(CC=C)c2c(C)cccc2Cl)N([C@@H](CO)C(C)C)C(=O)[C@@H]13)c1ccccc1. The molecule has 10 nitrogen and oxygen atoms in total. The second kappa shape index (κ2) is 15.8. The Kier molecular flexibility index (Phi) is 11.9. The van der Waals surface area contributed by atoms with Crippen molar-refractivity contribution in [1.82, 2.24) is 10.2 Å². The minimum atomic E-state index is -1.41. The number of benzene rings is 2. The molecule has 1 unspecified atom stereocenters. The summed E-state index contributed by atoms with van der Waals surface area (Å²) in [6.45, 7) is 12.8. The molecule has 12 heteroatoms. The highest BCUT2D eigenvalue weighted by molar-refractivity contribution is 9.09. The third-order valence-electron chi connectivity index (χ3n) is 10.1. The van der Waals surface area contributed by atoms with Gasteiger partial charge in [-0.1, -0.05) is 96.0 Å². The van der Waals surface area contributed by atoms with Gasteiger partial charge in [0.2, 0.25) is 11.8 Å². The Balaban J connectivity index is 1.55. The van der Waals surface area contributed by atoms with Crippen LogP contribution in [0.2, 0.25) is 5.02 Å². The first-order valence-corrected chi connectivity index (χ1v) is 18.3. The Morgan fingerprint density at radius 1 is 1.18 bits per heavy atom. The molecule has 2 N–H and O–H groups in total. The van der Waals surface area contributed by atoms with Gasteiger partial charge in [0.25, 0.3) is 5.91 Å². The van der Waals surface area contributed by atoms with E-state index in [9.17, 15) is 19.5 Å². The van der Waals surface area contributed by atoms with Crippen LogP contribution in [0.25, 0.3) is 0 Å². The van der Waals surface area contributed by atoms with Crippen molar-refractivity contribution in [2.75, 3.05) is 24.6 Å². The topological polar surface area (TPSA) is 125 Å². The van der Waals surface area contributed by atoms with E-state index in [1.165, 1.54) is 9.80 Å². The van der Waals surface area contributed by atoms with Gasteiger partial charge in [-0.2, -0.15) is 0 Å². The van der Waals surface area contributed by atoms with Crippen LogP contribution in [0.1, 0.15) is 50.3 Å². The van der Waals surface area contributed by atoms with Crippen molar-refractivity contribution in [2.45, 2.75) is 74.8 Å². The smallest absolute Gasteiger partial charge is 0.313 e. The number of aliphatic hydroxyl groups excluding tert-OH is 1. The van der Waals surface area contributed by atoms with Gasteiger partial charge in [0, 0.05) is 17.8 Å². The van der Waals surface area contributed by atoms with Gasteiger partial charge in [0.15, 0.2) is 0 Å². The first-order valence-electron chi connectivity index (χ1n) is 17.0. The summed E-state index contributed by atoms with van der Waals surface area (Å²) in [4.78, 5) is 59.2. The number of alkyl halides is 1. The van der Waals surface area contributed by atoms with Crippen LogP contribution in [0.5, 0.6) is 0 Å². The summed E-state index contributed by atoms with van der Waals surface area (Å²) in [5.41, 5.74) is 0.493. The van der Waals surface area contributed by atoms with Crippen LogP contribution in [0.3, 0.4) is 0 Å². The zero-order chi connectivity index (χ0) is 36.3. The van der Waals surface area contributed by atoms with Gasteiger partial charge >= 0.3 is 5.97 Å². The van der Waals surface area contributed by atoms with Crippen LogP contribution >= 0.6 is 27.5 Å². The molecule has 3 saturated heterocycles. The fourth-order valence-electron chi connectivity index (χ4n) is 7.77. The van der Waals surface area contributed by atoms with Gasteiger partial charge < -0.3 is 29.7 Å². The number of likely N-dealkylation sites (tertiary alicyclic amines) is 1. The molecule has 3 heterocycles. The second-order valence-electron chi connectivity index (χ2n) is 13.5. The zero-order valence-electron chi connectivity index (χ0n) is 28.6. The molecule has 2 bridgehead atoms. The summed E-state index contributed by atoms with van der Waals surface area (Å²) in [5, 5.41) is 13.8. The number of aliphatic hydroxyl groups is 1. The van der Waals surface area contributed by atoms with E-state index in [-0.39, 0.29) is 42.6 Å². The molecule has 3 amide bonds. The number of aryl methyl sites for hydroxylation is 1. The van der Waals surface area contributed by atoms with Gasteiger partial charge in [-0.25, -0.2) is 0 Å². The molecule has 3 aliphatic rings. The van der Waals surface area contributed by atoms with Crippen LogP contribution in [-0.2, 0) is 28.7 Å². The highest BCUT2D eigenvalue weighted by atomic mass is 79.9. The molecule has 0 saturated carbocycles. The Bertz CT molecular complexity index is 1600. The summed E-state index contributed by atoms with van der Waals surface area (Å²) in [7, 11) is 0. The highest BCUT2D eigenvalue weighted by Crippen LogP contribution is 2.61. The number of hydrogen-bond acceptors (Lipinski definition) is 7. The molecule has 8 atom stereocenters. The van der Waals surface area contributed by atoms with Crippen molar-refractivity contribution in [3.63, 3.8) is 0 Å². The normalized spacial score (nSPS) is 26.3. The summed E-state index contributed by atoms with van der Waals surface area (Å²) < 4.78 is 12.9.